The van der Waals surface area contributed by atoms with Crippen LogP contribution in [0.2, 0.25) is 0 Å². The number of aromatic nitrogens is 2. The van der Waals surface area contributed by atoms with Gasteiger partial charge in [0.25, 0.3) is 5.91 Å². The van der Waals surface area contributed by atoms with Gasteiger partial charge in [-0.05, 0) is 58.0 Å². The Hall–Kier alpha value is -2.01. The molecular formula is C18H24N4O. The van der Waals surface area contributed by atoms with Gasteiger partial charge < -0.3 is 9.80 Å². The van der Waals surface area contributed by atoms with Gasteiger partial charge in [0, 0.05) is 25.7 Å². The van der Waals surface area contributed by atoms with Crippen LogP contribution < -0.4 is 0 Å². The fourth-order valence-corrected chi connectivity index (χ4v) is 2.98. The Morgan fingerprint density at radius 1 is 1.13 bits per heavy atom. The van der Waals surface area contributed by atoms with Crippen LogP contribution in [0, 0.1) is 13.8 Å². The van der Waals surface area contributed by atoms with E-state index < -0.39 is 0 Å². The molecule has 0 aliphatic carbocycles. The maximum Gasteiger partial charge on any atom is 0.253 e. The third-order valence-electron chi connectivity index (χ3n) is 4.62. The van der Waals surface area contributed by atoms with E-state index >= 15 is 0 Å². The monoisotopic (exact) mass is 312 g/mol. The first-order chi connectivity index (χ1) is 11.0. The molecule has 1 aliphatic rings. The van der Waals surface area contributed by atoms with Crippen LogP contribution in [0.3, 0.4) is 0 Å². The standard InChI is InChI=1S/C18H24N4O/c1-13-14(2)20-17-12-15(6-7-16(17)19-13)18(23)21(3)10-11-22-8-4-5-9-22/h6-7,12H,4-5,8-11H2,1-3H3. The van der Waals surface area contributed by atoms with E-state index in [1.807, 2.05) is 39.1 Å². The van der Waals surface area contributed by atoms with Crippen molar-refractivity contribution in [2.75, 3.05) is 33.2 Å². The summed E-state index contributed by atoms with van der Waals surface area (Å²) in [5.74, 6) is 0.0473. The second kappa shape index (κ2) is 6.62. The Morgan fingerprint density at radius 3 is 2.48 bits per heavy atom. The van der Waals surface area contributed by atoms with Crippen LogP contribution in [-0.2, 0) is 0 Å². The third kappa shape index (κ3) is 3.50. The number of likely N-dealkylation sites (N-methyl/N-ethyl adjacent to an activating group) is 1. The highest BCUT2D eigenvalue weighted by Crippen LogP contribution is 2.16. The molecular weight excluding hydrogens is 288 g/mol. The van der Waals surface area contributed by atoms with E-state index in [9.17, 15) is 4.79 Å². The second-order valence-electron chi connectivity index (χ2n) is 6.37. The van der Waals surface area contributed by atoms with E-state index in [2.05, 4.69) is 14.9 Å². The number of likely N-dealkylation sites (tertiary alicyclic amines) is 1. The van der Waals surface area contributed by atoms with Crippen LogP contribution in [0.25, 0.3) is 11.0 Å². The van der Waals surface area contributed by atoms with Crippen molar-refractivity contribution in [2.45, 2.75) is 26.7 Å². The number of amides is 1. The number of benzene rings is 1. The zero-order valence-electron chi connectivity index (χ0n) is 14.2. The van der Waals surface area contributed by atoms with Gasteiger partial charge in [0.2, 0.25) is 0 Å². The molecule has 1 amide bonds. The average Bonchev–Trinajstić information content (AvgIpc) is 3.06. The molecule has 0 N–H and O–H groups in total. The SMILES string of the molecule is Cc1nc2ccc(C(=O)N(C)CCN3CCCC3)cc2nc1C. The van der Waals surface area contributed by atoms with E-state index in [-0.39, 0.29) is 5.91 Å². The molecule has 0 bridgehead atoms. The van der Waals surface area contributed by atoms with Gasteiger partial charge in [0.15, 0.2) is 0 Å². The maximum absolute atomic E-state index is 12.6. The van der Waals surface area contributed by atoms with Crippen molar-refractivity contribution in [3.63, 3.8) is 0 Å². The molecule has 1 aliphatic heterocycles. The summed E-state index contributed by atoms with van der Waals surface area (Å²) >= 11 is 0. The number of nitrogens with zero attached hydrogens (tertiary/aromatic N) is 4. The molecule has 3 rings (SSSR count). The van der Waals surface area contributed by atoms with Gasteiger partial charge in [-0.25, -0.2) is 9.97 Å². The number of hydrogen-bond acceptors (Lipinski definition) is 4. The molecule has 1 aromatic carbocycles. The van der Waals surface area contributed by atoms with Crippen molar-refractivity contribution < 1.29 is 4.79 Å². The Kier molecular flexibility index (Phi) is 4.57. The van der Waals surface area contributed by atoms with Gasteiger partial charge in [0.1, 0.15) is 0 Å². The first-order valence-corrected chi connectivity index (χ1v) is 8.27. The summed E-state index contributed by atoms with van der Waals surface area (Å²) in [6, 6.07) is 5.58. The quantitative estimate of drug-likeness (QED) is 0.870. The maximum atomic E-state index is 12.6. The van der Waals surface area contributed by atoms with Gasteiger partial charge in [-0.3, -0.25) is 4.79 Å². The lowest BCUT2D eigenvalue weighted by molar-refractivity contribution is 0.0782. The summed E-state index contributed by atoms with van der Waals surface area (Å²) in [5, 5.41) is 0. The fraction of sp³-hybridized carbons (Fsp3) is 0.500. The second-order valence-corrected chi connectivity index (χ2v) is 6.37. The number of hydrogen-bond donors (Lipinski definition) is 0. The van der Waals surface area contributed by atoms with Crippen molar-refractivity contribution >= 4 is 16.9 Å². The highest BCUT2D eigenvalue weighted by Gasteiger charge is 2.16. The van der Waals surface area contributed by atoms with Gasteiger partial charge in [-0.15, -0.1) is 0 Å². The van der Waals surface area contributed by atoms with Crippen LogP contribution >= 0.6 is 0 Å². The van der Waals surface area contributed by atoms with E-state index in [0.717, 1.165) is 48.6 Å². The molecule has 0 unspecified atom stereocenters. The van der Waals surface area contributed by atoms with Crippen LogP contribution in [0.15, 0.2) is 18.2 Å². The minimum Gasteiger partial charge on any atom is -0.340 e. The van der Waals surface area contributed by atoms with Crippen LogP contribution in [0.4, 0.5) is 0 Å². The lowest BCUT2D eigenvalue weighted by atomic mass is 10.1. The molecule has 2 heterocycles. The highest BCUT2D eigenvalue weighted by molar-refractivity contribution is 5.97. The first-order valence-electron chi connectivity index (χ1n) is 8.27. The lowest BCUT2D eigenvalue weighted by Crippen LogP contribution is -2.35. The minimum atomic E-state index is 0.0473. The van der Waals surface area contributed by atoms with Crippen LogP contribution in [0.5, 0.6) is 0 Å². The van der Waals surface area contributed by atoms with Crippen molar-refractivity contribution in [3.05, 3.63) is 35.2 Å². The summed E-state index contributed by atoms with van der Waals surface area (Å²) in [7, 11) is 1.87. The van der Waals surface area contributed by atoms with Gasteiger partial charge in [0.05, 0.1) is 22.4 Å². The average molecular weight is 312 g/mol. The summed E-state index contributed by atoms with van der Waals surface area (Å²) < 4.78 is 0. The van der Waals surface area contributed by atoms with Crippen molar-refractivity contribution in [3.8, 4) is 0 Å². The van der Waals surface area contributed by atoms with E-state index in [1.54, 1.807) is 4.90 Å². The largest absolute Gasteiger partial charge is 0.340 e. The highest BCUT2D eigenvalue weighted by atomic mass is 16.2. The molecule has 1 fully saturated rings. The van der Waals surface area contributed by atoms with E-state index in [1.165, 1.54) is 12.8 Å². The molecule has 0 saturated carbocycles. The number of carbonyl (C=O) groups excluding carboxylic acids is 1. The number of fused-ring (bicyclic) bond motifs is 1. The molecule has 5 heteroatoms. The summed E-state index contributed by atoms with van der Waals surface area (Å²) in [6.07, 6.45) is 2.56. The Bertz CT molecular complexity index is 722. The molecule has 23 heavy (non-hydrogen) atoms. The predicted molar refractivity (Wildman–Crippen MR) is 91.6 cm³/mol. The molecule has 2 aromatic rings. The lowest BCUT2D eigenvalue weighted by Gasteiger charge is -2.21. The minimum absolute atomic E-state index is 0.0473. The van der Waals surface area contributed by atoms with E-state index in [4.69, 9.17) is 0 Å². The van der Waals surface area contributed by atoms with Crippen LogP contribution in [-0.4, -0.2) is 58.9 Å². The molecule has 5 nitrogen and oxygen atoms in total. The molecule has 1 aromatic heterocycles. The summed E-state index contributed by atoms with van der Waals surface area (Å²) in [6.45, 7) is 7.92. The van der Waals surface area contributed by atoms with E-state index in [0.29, 0.717) is 5.56 Å². The Morgan fingerprint density at radius 2 is 1.78 bits per heavy atom. The number of rotatable bonds is 4. The normalized spacial score (nSPS) is 15.3. The first kappa shape index (κ1) is 15.9. The molecule has 0 atom stereocenters. The Balaban J connectivity index is 1.73. The molecule has 0 radical (unpaired) electrons. The zero-order chi connectivity index (χ0) is 16.4. The summed E-state index contributed by atoms with van der Waals surface area (Å²) in [5.41, 5.74) is 4.14. The topological polar surface area (TPSA) is 49.3 Å². The van der Waals surface area contributed by atoms with Gasteiger partial charge >= 0.3 is 0 Å². The third-order valence-corrected chi connectivity index (χ3v) is 4.62. The van der Waals surface area contributed by atoms with Crippen molar-refractivity contribution in [1.29, 1.82) is 0 Å². The smallest absolute Gasteiger partial charge is 0.253 e. The number of aryl methyl sites for hydroxylation is 2. The fourth-order valence-electron chi connectivity index (χ4n) is 2.98. The molecule has 0 spiro atoms. The van der Waals surface area contributed by atoms with Gasteiger partial charge in [-0.1, -0.05) is 0 Å². The van der Waals surface area contributed by atoms with Gasteiger partial charge in [-0.2, -0.15) is 0 Å². The predicted octanol–water partition coefficient (Wildman–Crippen LogP) is 2.41. The summed E-state index contributed by atoms with van der Waals surface area (Å²) in [4.78, 5) is 25.9. The Labute approximate surface area is 137 Å². The number of carbonyl (C=O) groups is 1. The molecule has 1 saturated heterocycles. The zero-order valence-corrected chi connectivity index (χ0v) is 14.2. The molecule has 122 valence electrons. The van der Waals surface area contributed by atoms with Crippen LogP contribution in [0.1, 0.15) is 34.6 Å². The van der Waals surface area contributed by atoms with Crippen molar-refractivity contribution in [2.24, 2.45) is 0 Å². The van der Waals surface area contributed by atoms with Crippen molar-refractivity contribution in [1.82, 2.24) is 19.8 Å².